The average molecular weight is 346 g/mol. The van der Waals surface area contributed by atoms with Crippen LogP contribution >= 0.6 is 11.6 Å². The van der Waals surface area contributed by atoms with Crippen LogP contribution < -0.4 is 10.1 Å². The van der Waals surface area contributed by atoms with Crippen LogP contribution in [0, 0.1) is 0 Å². The van der Waals surface area contributed by atoms with Gasteiger partial charge in [-0.3, -0.25) is 4.79 Å². The number of hydrogen-bond donors (Lipinski definition) is 1. The largest absolute Gasteiger partial charge is 0.421 e. The molecule has 2 rings (SSSR count). The SMILES string of the molecule is CCCCc1ccc(NC(C)=O)c(OC(=O)c2ccc(Cl)cc2)c1. The van der Waals surface area contributed by atoms with Crippen LogP contribution in [0.15, 0.2) is 42.5 Å². The molecule has 0 aliphatic heterocycles. The van der Waals surface area contributed by atoms with E-state index in [0.29, 0.717) is 22.0 Å². The molecule has 0 aliphatic carbocycles. The number of halogens is 1. The van der Waals surface area contributed by atoms with Crippen molar-refractivity contribution < 1.29 is 14.3 Å². The van der Waals surface area contributed by atoms with E-state index in [1.807, 2.05) is 6.07 Å². The van der Waals surface area contributed by atoms with E-state index in [0.717, 1.165) is 24.8 Å². The van der Waals surface area contributed by atoms with Crippen molar-refractivity contribution >= 4 is 29.2 Å². The van der Waals surface area contributed by atoms with Crippen molar-refractivity contribution in [2.75, 3.05) is 5.32 Å². The number of anilines is 1. The first-order valence-electron chi connectivity index (χ1n) is 7.88. The van der Waals surface area contributed by atoms with E-state index in [1.165, 1.54) is 6.92 Å². The van der Waals surface area contributed by atoms with Crippen LogP contribution in [0.5, 0.6) is 5.75 Å². The highest BCUT2D eigenvalue weighted by Gasteiger charge is 2.13. The summed E-state index contributed by atoms with van der Waals surface area (Å²) >= 11 is 5.83. The van der Waals surface area contributed by atoms with E-state index in [9.17, 15) is 9.59 Å². The van der Waals surface area contributed by atoms with Crippen LogP contribution in [-0.2, 0) is 11.2 Å². The lowest BCUT2D eigenvalue weighted by Crippen LogP contribution is -2.12. The summed E-state index contributed by atoms with van der Waals surface area (Å²) in [6.45, 7) is 3.53. The van der Waals surface area contributed by atoms with Gasteiger partial charge in [-0.15, -0.1) is 0 Å². The summed E-state index contributed by atoms with van der Waals surface area (Å²) < 4.78 is 5.50. The quantitative estimate of drug-likeness (QED) is 0.600. The molecule has 2 aromatic carbocycles. The summed E-state index contributed by atoms with van der Waals surface area (Å²) in [5, 5.41) is 3.23. The molecule has 0 aliphatic rings. The topological polar surface area (TPSA) is 55.4 Å². The van der Waals surface area contributed by atoms with Crippen molar-refractivity contribution in [3.05, 3.63) is 58.6 Å². The molecule has 0 radical (unpaired) electrons. The molecular weight excluding hydrogens is 326 g/mol. The van der Waals surface area contributed by atoms with Crippen LogP contribution in [0.25, 0.3) is 0 Å². The second kappa shape index (κ2) is 8.50. The predicted octanol–water partition coefficient (Wildman–Crippen LogP) is 4.86. The number of esters is 1. The van der Waals surface area contributed by atoms with E-state index in [-0.39, 0.29) is 5.91 Å². The lowest BCUT2D eigenvalue weighted by molar-refractivity contribution is -0.114. The Balaban J connectivity index is 2.25. The Hall–Kier alpha value is -2.33. The molecule has 0 spiro atoms. The van der Waals surface area contributed by atoms with Crippen LogP contribution in [0.3, 0.4) is 0 Å². The number of unbranched alkanes of at least 4 members (excludes halogenated alkanes) is 1. The number of amides is 1. The van der Waals surface area contributed by atoms with Gasteiger partial charge in [0.1, 0.15) is 0 Å². The minimum atomic E-state index is -0.495. The summed E-state index contributed by atoms with van der Waals surface area (Å²) in [6.07, 6.45) is 3.01. The molecule has 5 heteroatoms. The third kappa shape index (κ3) is 5.10. The molecule has 4 nitrogen and oxygen atoms in total. The van der Waals surface area contributed by atoms with Gasteiger partial charge in [-0.1, -0.05) is 31.0 Å². The van der Waals surface area contributed by atoms with Gasteiger partial charge in [-0.25, -0.2) is 4.79 Å². The molecule has 0 bridgehead atoms. The fraction of sp³-hybridized carbons (Fsp3) is 0.263. The molecule has 0 saturated heterocycles. The zero-order valence-electron chi connectivity index (χ0n) is 13.8. The number of rotatable bonds is 6. The molecule has 0 aromatic heterocycles. The van der Waals surface area contributed by atoms with Gasteiger partial charge in [0.05, 0.1) is 11.3 Å². The summed E-state index contributed by atoms with van der Waals surface area (Å²) in [7, 11) is 0. The fourth-order valence-corrected chi connectivity index (χ4v) is 2.35. The van der Waals surface area contributed by atoms with Gasteiger partial charge in [0, 0.05) is 11.9 Å². The average Bonchev–Trinajstić information content (AvgIpc) is 2.55. The number of carbonyl (C=O) groups excluding carboxylic acids is 2. The Morgan fingerprint density at radius 2 is 1.83 bits per heavy atom. The molecule has 126 valence electrons. The summed E-state index contributed by atoms with van der Waals surface area (Å²) in [6, 6.07) is 12.0. The Morgan fingerprint density at radius 3 is 2.46 bits per heavy atom. The first kappa shape index (κ1) is 18.0. The summed E-state index contributed by atoms with van der Waals surface area (Å²) in [5.41, 5.74) is 1.93. The van der Waals surface area contributed by atoms with Gasteiger partial charge in [0.15, 0.2) is 5.75 Å². The minimum absolute atomic E-state index is 0.222. The third-order valence-corrected chi connectivity index (χ3v) is 3.71. The lowest BCUT2D eigenvalue weighted by atomic mass is 10.1. The van der Waals surface area contributed by atoms with Gasteiger partial charge in [-0.2, -0.15) is 0 Å². The van der Waals surface area contributed by atoms with Crippen LogP contribution in [0.4, 0.5) is 5.69 Å². The number of aryl methyl sites for hydroxylation is 1. The van der Waals surface area contributed by atoms with E-state index >= 15 is 0 Å². The maximum atomic E-state index is 12.3. The van der Waals surface area contributed by atoms with Crippen LogP contribution in [0.1, 0.15) is 42.6 Å². The molecule has 0 fully saturated rings. The zero-order valence-corrected chi connectivity index (χ0v) is 14.5. The van der Waals surface area contributed by atoms with Crippen molar-refractivity contribution in [2.45, 2.75) is 33.1 Å². The molecule has 1 amide bonds. The third-order valence-electron chi connectivity index (χ3n) is 3.46. The lowest BCUT2D eigenvalue weighted by Gasteiger charge is -2.12. The maximum absolute atomic E-state index is 12.3. The molecule has 0 unspecified atom stereocenters. The standard InChI is InChI=1S/C19H20ClNO3/c1-3-4-5-14-6-11-17(21-13(2)22)18(12-14)24-19(23)15-7-9-16(20)10-8-15/h6-12H,3-5H2,1-2H3,(H,21,22). The van der Waals surface area contributed by atoms with Crippen molar-refractivity contribution in [1.29, 1.82) is 0 Å². The van der Waals surface area contributed by atoms with Crippen LogP contribution in [0.2, 0.25) is 5.02 Å². The number of hydrogen-bond acceptors (Lipinski definition) is 3. The van der Waals surface area contributed by atoms with Gasteiger partial charge in [0.2, 0.25) is 5.91 Å². The predicted molar refractivity (Wildman–Crippen MR) is 95.8 cm³/mol. The number of ether oxygens (including phenoxy) is 1. The zero-order chi connectivity index (χ0) is 17.5. The summed E-state index contributed by atoms with van der Waals surface area (Å²) in [5.74, 6) is -0.371. The molecular formula is C19H20ClNO3. The van der Waals surface area contributed by atoms with Crippen molar-refractivity contribution in [3.8, 4) is 5.75 Å². The van der Waals surface area contributed by atoms with Gasteiger partial charge < -0.3 is 10.1 Å². The van der Waals surface area contributed by atoms with Crippen LogP contribution in [-0.4, -0.2) is 11.9 Å². The second-order valence-electron chi connectivity index (χ2n) is 5.51. The highest BCUT2D eigenvalue weighted by atomic mass is 35.5. The number of benzene rings is 2. The van der Waals surface area contributed by atoms with Gasteiger partial charge >= 0.3 is 5.97 Å². The van der Waals surface area contributed by atoms with E-state index in [4.69, 9.17) is 16.3 Å². The van der Waals surface area contributed by atoms with E-state index in [2.05, 4.69) is 12.2 Å². The van der Waals surface area contributed by atoms with Crippen molar-refractivity contribution in [3.63, 3.8) is 0 Å². The first-order valence-corrected chi connectivity index (χ1v) is 8.25. The summed E-state index contributed by atoms with van der Waals surface area (Å²) in [4.78, 5) is 23.7. The molecule has 0 heterocycles. The second-order valence-corrected chi connectivity index (χ2v) is 5.95. The van der Waals surface area contributed by atoms with E-state index in [1.54, 1.807) is 36.4 Å². The smallest absolute Gasteiger partial charge is 0.343 e. The van der Waals surface area contributed by atoms with Gasteiger partial charge in [0.25, 0.3) is 0 Å². The van der Waals surface area contributed by atoms with Crippen molar-refractivity contribution in [2.24, 2.45) is 0 Å². The molecule has 2 aromatic rings. The first-order chi connectivity index (χ1) is 11.5. The Kier molecular flexibility index (Phi) is 6.38. The normalized spacial score (nSPS) is 10.3. The Labute approximate surface area is 146 Å². The minimum Gasteiger partial charge on any atom is -0.421 e. The van der Waals surface area contributed by atoms with Gasteiger partial charge in [-0.05, 0) is 54.8 Å². The molecule has 24 heavy (non-hydrogen) atoms. The molecule has 0 saturated carbocycles. The molecule has 0 atom stereocenters. The number of nitrogens with one attached hydrogen (secondary N) is 1. The highest BCUT2D eigenvalue weighted by Crippen LogP contribution is 2.28. The molecule has 1 N–H and O–H groups in total. The maximum Gasteiger partial charge on any atom is 0.343 e. The highest BCUT2D eigenvalue weighted by molar-refractivity contribution is 6.30. The number of carbonyl (C=O) groups is 2. The Bertz CT molecular complexity index is 726. The fourth-order valence-electron chi connectivity index (χ4n) is 2.23. The van der Waals surface area contributed by atoms with Crippen molar-refractivity contribution in [1.82, 2.24) is 0 Å². The Morgan fingerprint density at radius 1 is 1.12 bits per heavy atom. The monoisotopic (exact) mass is 345 g/mol. The van der Waals surface area contributed by atoms with E-state index < -0.39 is 5.97 Å².